The third-order valence-electron chi connectivity index (χ3n) is 5.52. The van der Waals surface area contributed by atoms with Gasteiger partial charge in [0.15, 0.2) is 0 Å². The van der Waals surface area contributed by atoms with Crippen LogP contribution in [0.3, 0.4) is 0 Å². The molecular formula is C21H23ClN4O. The quantitative estimate of drug-likeness (QED) is 0.682. The fourth-order valence-corrected chi connectivity index (χ4v) is 4.26. The summed E-state index contributed by atoms with van der Waals surface area (Å²) in [4.78, 5) is 3.97. The molecule has 1 aliphatic carbocycles. The van der Waals surface area contributed by atoms with Crippen molar-refractivity contribution in [2.75, 3.05) is 6.54 Å². The molecule has 6 heteroatoms. The van der Waals surface area contributed by atoms with E-state index in [0.29, 0.717) is 5.02 Å². The third-order valence-corrected chi connectivity index (χ3v) is 5.85. The fourth-order valence-electron chi connectivity index (χ4n) is 3.93. The van der Waals surface area contributed by atoms with Gasteiger partial charge in [0, 0.05) is 23.0 Å². The number of nitrogens with one attached hydrogen (secondary N) is 1. The summed E-state index contributed by atoms with van der Waals surface area (Å²) in [6.07, 6.45) is 4.51. The molecule has 0 amide bonds. The van der Waals surface area contributed by atoms with Crippen LogP contribution in [0.25, 0.3) is 5.69 Å². The Hall–Kier alpha value is -2.21. The second kappa shape index (κ2) is 7.43. The van der Waals surface area contributed by atoms with Gasteiger partial charge in [0.05, 0.1) is 11.8 Å². The third kappa shape index (κ3) is 3.63. The zero-order valence-electron chi connectivity index (χ0n) is 15.2. The van der Waals surface area contributed by atoms with E-state index in [-0.39, 0.29) is 17.6 Å². The van der Waals surface area contributed by atoms with Crippen molar-refractivity contribution in [3.63, 3.8) is 0 Å². The van der Waals surface area contributed by atoms with Crippen molar-refractivity contribution in [2.24, 2.45) is 0 Å². The first-order chi connectivity index (χ1) is 13.1. The van der Waals surface area contributed by atoms with E-state index in [0.717, 1.165) is 30.6 Å². The number of aliphatic hydroxyl groups is 1. The summed E-state index contributed by atoms with van der Waals surface area (Å²) in [6, 6.07) is 16.5. The normalized spacial score (nSPS) is 23.0. The van der Waals surface area contributed by atoms with Crippen molar-refractivity contribution in [2.45, 2.75) is 37.3 Å². The van der Waals surface area contributed by atoms with Gasteiger partial charge in [-0.2, -0.15) is 5.10 Å². The molecule has 2 N–H and O–H groups in total. The molecule has 1 aliphatic rings. The molecule has 1 aromatic heterocycles. The molecule has 5 nitrogen and oxygen atoms in total. The first-order valence-electron chi connectivity index (χ1n) is 9.19. The van der Waals surface area contributed by atoms with Crippen LogP contribution >= 0.6 is 11.6 Å². The predicted octanol–water partition coefficient (Wildman–Crippen LogP) is 3.66. The van der Waals surface area contributed by atoms with Crippen molar-refractivity contribution in [1.29, 1.82) is 0 Å². The molecule has 0 saturated heterocycles. The highest BCUT2D eigenvalue weighted by molar-refractivity contribution is 6.31. The van der Waals surface area contributed by atoms with E-state index >= 15 is 0 Å². The van der Waals surface area contributed by atoms with Crippen molar-refractivity contribution in [1.82, 2.24) is 20.1 Å². The van der Waals surface area contributed by atoms with Crippen molar-refractivity contribution in [3.8, 4) is 5.69 Å². The van der Waals surface area contributed by atoms with E-state index in [9.17, 15) is 5.11 Å². The Labute approximate surface area is 164 Å². The van der Waals surface area contributed by atoms with Gasteiger partial charge < -0.3 is 10.4 Å². The number of rotatable bonds is 6. The zero-order valence-corrected chi connectivity index (χ0v) is 16.0. The SMILES string of the molecule is CC(NCC1(c2ccccc2)CC(O)C1)c1ccc(-n2cncn2)cc1Cl. The summed E-state index contributed by atoms with van der Waals surface area (Å²) in [5.74, 6) is 0. The van der Waals surface area contributed by atoms with E-state index in [1.165, 1.54) is 11.9 Å². The lowest BCUT2D eigenvalue weighted by atomic mass is 9.62. The summed E-state index contributed by atoms with van der Waals surface area (Å²) >= 11 is 6.54. The minimum absolute atomic E-state index is 0.0118. The maximum absolute atomic E-state index is 9.93. The first kappa shape index (κ1) is 18.2. The van der Waals surface area contributed by atoms with Crippen molar-refractivity contribution < 1.29 is 5.11 Å². The molecule has 0 radical (unpaired) electrons. The van der Waals surface area contributed by atoms with Crippen molar-refractivity contribution in [3.05, 3.63) is 77.3 Å². The Bertz CT molecular complexity index is 892. The van der Waals surface area contributed by atoms with E-state index in [2.05, 4.69) is 46.6 Å². The number of benzene rings is 2. The summed E-state index contributed by atoms with van der Waals surface area (Å²) in [7, 11) is 0. The fraction of sp³-hybridized carbons (Fsp3) is 0.333. The van der Waals surface area contributed by atoms with Crippen LogP contribution in [0, 0.1) is 0 Å². The zero-order chi connectivity index (χ0) is 18.9. The first-order valence-corrected chi connectivity index (χ1v) is 9.57. The van der Waals surface area contributed by atoms with Crippen LogP contribution in [0.5, 0.6) is 0 Å². The van der Waals surface area contributed by atoms with Crippen LogP contribution in [0.4, 0.5) is 0 Å². The Morgan fingerprint density at radius 3 is 2.67 bits per heavy atom. The standard InChI is InChI=1S/C21H23ClN4O/c1-15(19-8-7-17(9-20(19)22)26-14-23-13-25-26)24-12-21(10-18(27)11-21)16-5-3-2-4-6-16/h2-9,13-15,18,24,27H,10-12H2,1H3. The lowest BCUT2D eigenvalue weighted by molar-refractivity contribution is 0.0167. The lowest BCUT2D eigenvalue weighted by Gasteiger charge is -2.46. The maximum atomic E-state index is 9.93. The molecule has 4 rings (SSSR count). The van der Waals surface area contributed by atoms with E-state index < -0.39 is 0 Å². The Morgan fingerprint density at radius 2 is 2.04 bits per heavy atom. The highest BCUT2D eigenvalue weighted by atomic mass is 35.5. The molecule has 1 unspecified atom stereocenters. The monoisotopic (exact) mass is 382 g/mol. The number of aliphatic hydroxyl groups excluding tert-OH is 1. The number of hydrogen-bond donors (Lipinski definition) is 2. The molecule has 27 heavy (non-hydrogen) atoms. The summed E-state index contributed by atoms with van der Waals surface area (Å²) in [6.45, 7) is 2.92. The second-order valence-corrected chi connectivity index (χ2v) is 7.76. The van der Waals surface area contributed by atoms with Crippen LogP contribution in [0.15, 0.2) is 61.2 Å². The van der Waals surface area contributed by atoms with Crippen molar-refractivity contribution >= 4 is 11.6 Å². The lowest BCUT2D eigenvalue weighted by Crippen LogP contribution is -2.51. The van der Waals surface area contributed by atoms with Gasteiger partial charge in [-0.3, -0.25) is 0 Å². The molecule has 3 aromatic rings. The average molecular weight is 383 g/mol. The van der Waals surface area contributed by atoms with Crippen LogP contribution < -0.4 is 5.32 Å². The van der Waals surface area contributed by atoms with Gasteiger partial charge in [0.2, 0.25) is 0 Å². The predicted molar refractivity (Wildman–Crippen MR) is 106 cm³/mol. The van der Waals surface area contributed by atoms with Crippen LogP contribution in [0.1, 0.15) is 36.9 Å². The van der Waals surface area contributed by atoms with Crippen LogP contribution in [0.2, 0.25) is 5.02 Å². The molecule has 1 heterocycles. The Morgan fingerprint density at radius 1 is 1.26 bits per heavy atom. The molecule has 1 atom stereocenters. The topological polar surface area (TPSA) is 63.0 Å². The highest BCUT2D eigenvalue weighted by Crippen LogP contribution is 2.43. The molecule has 0 bridgehead atoms. The van der Waals surface area contributed by atoms with E-state index in [1.54, 1.807) is 11.0 Å². The minimum Gasteiger partial charge on any atom is -0.393 e. The Kier molecular flexibility index (Phi) is 5.00. The second-order valence-electron chi connectivity index (χ2n) is 7.36. The molecule has 2 aromatic carbocycles. The Balaban J connectivity index is 1.48. The minimum atomic E-state index is -0.215. The van der Waals surface area contributed by atoms with Gasteiger partial charge in [-0.15, -0.1) is 0 Å². The average Bonchev–Trinajstić information content (AvgIpc) is 3.19. The summed E-state index contributed by atoms with van der Waals surface area (Å²) in [5, 5.41) is 18.4. The highest BCUT2D eigenvalue weighted by Gasteiger charge is 2.44. The van der Waals surface area contributed by atoms with E-state index in [1.807, 2.05) is 24.3 Å². The van der Waals surface area contributed by atoms with E-state index in [4.69, 9.17) is 11.6 Å². The molecular weight excluding hydrogens is 360 g/mol. The largest absolute Gasteiger partial charge is 0.393 e. The maximum Gasteiger partial charge on any atom is 0.138 e. The number of halogens is 1. The summed E-state index contributed by atoms with van der Waals surface area (Å²) in [5.41, 5.74) is 3.20. The number of nitrogens with zero attached hydrogens (tertiary/aromatic N) is 3. The molecule has 0 spiro atoms. The molecule has 1 fully saturated rings. The molecule has 0 aliphatic heterocycles. The van der Waals surface area contributed by atoms with Crippen LogP contribution in [-0.2, 0) is 5.41 Å². The van der Waals surface area contributed by atoms with Crippen LogP contribution in [-0.4, -0.2) is 32.5 Å². The van der Waals surface area contributed by atoms with Gasteiger partial charge in [-0.05, 0) is 43.0 Å². The van der Waals surface area contributed by atoms with Gasteiger partial charge in [-0.25, -0.2) is 9.67 Å². The number of hydrogen-bond acceptors (Lipinski definition) is 4. The van der Waals surface area contributed by atoms with Gasteiger partial charge >= 0.3 is 0 Å². The smallest absolute Gasteiger partial charge is 0.138 e. The van der Waals surface area contributed by atoms with Gasteiger partial charge in [0.1, 0.15) is 12.7 Å². The molecule has 1 saturated carbocycles. The van der Waals surface area contributed by atoms with Gasteiger partial charge in [0.25, 0.3) is 0 Å². The summed E-state index contributed by atoms with van der Waals surface area (Å²) < 4.78 is 1.69. The molecule has 140 valence electrons. The van der Waals surface area contributed by atoms with Gasteiger partial charge in [-0.1, -0.05) is 48.0 Å². The number of aromatic nitrogens is 3.